The van der Waals surface area contributed by atoms with Crippen molar-refractivity contribution in [3.63, 3.8) is 0 Å². The molecule has 2 aromatic carbocycles. The molecule has 0 spiro atoms. The van der Waals surface area contributed by atoms with Gasteiger partial charge in [0.1, 0.15) is 6.61 Å². The molecule has 0 saturated heterocycles. The highest BCUT2D eigenvalue weighted by molar-refractivity contribution is 6.51. The van der Waals surface area contributed by atoms with E-state index in [1.54, 1.807) is 0 Å². The van der Waals surface area contributed by atoms with E-state index in [2.05, 4.69) is 76.3 Å². The van der Waals surface area contributed by atoms with E-state index in [1.807, 2.05) is 26.0 Å². The molecule has 8 heteroatoms. The lowest BCUT2D eigenvalue weighted by atomic mass is 9.75. The Morgan fingerprint density at radius 1 is 0.917 bits per heavy atom. The van der Waals surface area contributed by atoms with Gasteiger partial charge in [0.15, 0.2) is 24.5 Å². The summed E-state index contributed by atoms with van der Waals surface area (Å²) in [4.78, 5) is 39.6. The van der Waals surface area contributed by atoms with Crippen molar-refractivity contribution in [3.8, 4) is 0 Å². The van der Waals surface area contributed by atoms with Gasteiger partial charge in [-0.3, -0.25) is 4.79 Å². The van der Waals surface area contributed by atoms with Gasteiger partial charge in [0.25, 0.3) is 0 Å². The van der Waals surface area contributed by atoms with E-state index >= 15 is 0 Å². The van der Waals surface area contributed by atoms with Crippen molar-refractivity contribution in [1.82, 2.24) is 4.58 Å². The van der Waals surface area contributed by atoms with Gasteiger partial charge < -0.3 is 19.5 Å². The Balaban J connectivity index is 1.58. The molecule has 1 aliphatic carbocycles. The average Bonchev–Trinajstić information content (AvgIpc) is 3.01. The molecule has 8 nitrogen and oxygen atoms in total. The Kier molecular flexibility index (Phi) is 9.34. The Hall–Kier alpha value is -4.46. The molecule has 0 fully saturated rings. The summed E-state index contributed by atoms with van der Waals surface area (Å²) in [7, 11) is 0. The van der Waals surface area contributed by atoms with Crippen LogP contribution in [0.15, 0.2) is 55.3 Å². The zero-order valence-corrected chi connectivity index (χ0v) is 29.6. The van der Waals surface area contributed by atoms with Crippen molar-refractivity contribution in [3.05, 3.63) is 93.7 Å². The van der Waals surface area contributed by atoms with Gasteiger partial charge in [0.2, 0.25) is 5.36 Å². The van der Waals surface area contributed by atoms with E-state index in [0.29, 0.717) is 23.9 Å². The van der Waals surface area contributed by atoms with Crippen molar-refractivity contribution >= 4 is 34.6 Å². The molecule has 0 amide bonds. The van der Waals surface area contributed by atoms with E-state index in [-0.39, 0.29) is 58.8 Å². The van der Waals surface area contributed by atoms with Gasteiger partial charge in [-0.25, -0.2) is 14.2 Å². The van der Waals surface area contributed by atoms with Crippen LogP contribution in [0, 0.1) is 13.8 Å². The topological polar surface area (TPSA) is 99.0 Å². The highest BCUT2D eigenvalue weighted by Gasteiger charge is 2.40. The van der Waals surface area contributed by atoms with Crippen molar-refractivity contribution in [2.24, 2.45) is 0 Å². The van der Waals surface area contributed by atoms with Crippen molar-refractivity contribution in [1.29, 1.82) is 0 Å². The van der Waals surface area contributed by atoms with Gasteiger partial charge >= 0.3 is 11.9 Å². The summed E-state index contributed by atoms with van der Waals surface area (Å²) in [5.41, 5.74) is 5.70. The van der Waals surface area contributed by atoms with Gasteiger partial charge in [-0.1, -0.05) is 32.8 Å². The van der Waals surface area contributed by atoms with Crippen LogP contribution in [0.1, 0.15) is 94.0 Å². The van der Waals surface area contributed by atoms with Gasteiger partial charge in [-0.05, 0) is 105 Å². The lowest BCUT2D eigenvalue weighted by Crippen LogP contribution is -2.54. The molecule has 2 aromatic rings. The number of ether oxygens (including phenoxy) is 2. The van der Waals surface area contributed by atoms with Gasteiger partial charge in [-0.15, -0.1) is 0 Å². The van der Waals surface area contributed by atoms with Crippen molar-refractivity contribution < 1.29 is 29.0 Å². The van der Waals surface area contributed by atoms with E-state index in [9.17, 15) is 19.5 Å². The van der Waals surface area contributed by atoms with Crippen LogP contribution in [0.5, 0.6) is 0 Å². The first-order valence-corrected chi connectivity index (χ1v) is 16.8. The smallest absolute Gasteiger partial charge is 0.330 e. The zero-order chi connectivity index (χ0) is 35.3. The average molecular weight is 653 g/mol. The number of hydrogen-bond donors (Lipinski definition) is 0. The number of nitrogens with zero attached hydrogens (tertiary/aromatic N) is 2. The second-order valence-corrected chi connectivity index (χ2v) is 14.7. The number of hydrogen-bond acceptors (Lipinski definition) is 7. The first-order chi connectivity index (χ1) is 22.5. The Morgan fingerprint density at radius 2 is 1.54 bits per heavy atom. The fourth-order valence-electron chi connectivity index (χ4n) is 8.13. The summed E-state index contributed by atoms with van der Waals surface area (Å²) in [6, 6.07) is 8.18. The zero-order valence-electron chi connectivity index (χ0n) is 29.6. The molecule has 2 atom stereocenters. The molecule has 48 heavy (non-hydrogen) atoms. The van der Waals surface area contributed by atoms with E-state index in [1.165, 1.54) is 0 Å². The van der Waals surface area contributed by atoms with Gasteiger partial charge in [-0.2, -0.15) is 0 Å². The summed E-state index contributed by atoms with van der Waals surface area (Å²) < 4.78 is 12.9. The summed E-state index contributed by atoms with van der Waals surface area (Å²) in [6.07, 6.45) is 4.06. The van der Waals surface area contributed by atoms with Crippen LogP contribution in [0.25, 0.3) is 11.1 Å². The van der Waals surface area contributed by atoms with E-state index < -0.39 is 11.9 Å². The number of Topliss-reactive ketones (excluding diaryl/α,β-unsaturated/α-hetero) is 1. The summed E-state index contributed by atoms with van der Waals surface area (Å²) in [5, 5.41) is 15.7. The lowest BCUT2D eigenvalue weighted by molar-refractivity contribution is -0.293. The number of benzene rings is 2. The predicted molar refractivity (Wildman–Crippen MR) is 187 cm³/mol. The maximum atomic E-state index is 14.0. The lowest BCUT2D eigenvalue weighted by Gasteiger charge is -2.48. The molecule has 2 aliphatic heterocycles. The third kappa shape index (κ3) is 6.13. The summed E-state index contributed by atoms with van der Waals surface area (Å²) in [5.74, 6) is -0.946. The second-order valence-electron chi connectivity index (χ2n) is 14.7. The SMILES string of the molecule is C=CC(=O)OCCN1c2cc(C)c(C3=C([O-])/C(=c4\cc5c(cc4C)=[N+](CCOC(=O)C=C)C(C)(C)CC5C)C3=O)cc2C(C)CC1(C)C. The fraction of sp³-hybridized carbons (Fsp3) is 0.450. The number of carbonyl (C=O) groups excluding carboxylic acids is 3. The minimum absolute atomic E-state index is 0.181. The van der Waals surface area contributed by atoms with E-state index in [0.717, 1.165) is 58.3 Å². The van der Waals surface area contributed by atoms with Crippen LogP contribution in [-0.2, 0) is 23.9 Å². The molecule has 2 unspecified atom stereocenters. The Labute approximate surface area is 283 Å². The predicted octanol–water partition coefficient (Wildman–Crippen LogP) is 4.14. The fourth-order valence-corrected chi connectivity index (χ4v) is 8.13. The summed E-state index contributed by atoms with van der Waals surface area (Å²) in [6.45, 7) is 25.4. The molecule has 0 saturated carbocycles. The van der Waals surface area contributed by atoms with Gasteiger partial charge in [0, 0.05) is 52.6 Å². The van der Waals surface area contributed by atoms with Crippen molar-refractivity contribution in [2.45, 2.75) is 91.1 Å². The van der Waals surface area contributed by atoms with Crippen LogP contribution < -0.4 is 25.2 Å². The third-order valence-electron chi connectivity index (χ3n) is 10.4. The molecule has 5 rings (SSSR count). The van der Waals surface area contributed by atoms with Gasteiger partial charge in [0.05, 0.1) is 6.54 Å². The first kappa shape index (κ1) is 34.9. The number of anilines is 1. The molecule has 2 heterocycles. The number of aryl methyl sites for hydroxylation is 2. The maximum Gasteiger partial charge on any atom is 0.330 e. The standard InChI is InChI=1S/C40H48N2O6/c1-11-33(43)47-15-13-41-31-17-23(3)29(19-27(31)25(5)21-39(41,7)8)35-37(45)36(38(35)46)30-20-28-26(6)22-40(9,10)42(32(28)18-24(30)4)14-16-48-34(44)12-2/h11-12,17-20,25-26H,1-2,13-16,21-22H2,3-10H3. The quantitative estimate of drug-likeness (QED) is 0.228. The number of rotatable bonds is 9. The molecule has 254 valence electrons. The molecule has 0 radical (unpaired) electrons. The molecule has 3 aliphatic rings. The Morgan fingerprint density at radius 3 is 2.17 bits per heavy atom. The largest absolute Gasteiger partial charge is 0.871 e. The number of carbonyl (C=O) groups is 3. The first-order valence-electron chi connectivity index (χ1n) is 16.8. The molecule has 0 bridgehead atoms. The van der Waals surface area contributed by atoms with Crippen LogP contribution in [0.4, 0.5) is 5.69 Å². The van der Waals surface area contributed by atoms with E-state index in [4.69, 9.17) is 9.47 Å². The minimum atomic E-state index is -0.452. The number of fused-ring (bicyclic) bond motifs is 2. The highest BCUT2D eigenvalue weighted by atomic mass is 16.5. The van der Waals surface area contributed by atoms with Crippen LogP contribution in [0.2, 0.25) is 0 Å². The maximum absolute atomic E-state index is 14.0. The Bertz CT molecular complexity index is 1900. The minimum Gasteiger partial charge on any atom is -0.871 e. The molecular weight excluding hydrogens is 604 g/mol. The van der Waals surface area contributed by atoms with Crippen molar-refractivity contribution in [2.75, 3.05) is 31.2 Å². The van der Waals surface area contributed by atoms with Crippen LogP contribution >= 0.6 is 0 Å². The van der Waals surface area contributed by atoms with Crippen LogP contribution in [0.3, 0.4) is 0 Å². The second kappa shape index (κ2) is 12.9. The highest BCUT2D eigenvalue weighted by Crippen LogP contribution is 2.46. The molecule has 0 aromatic heterocycles. The monoisotopic (exact) mass is 652 g/mol. The van der Waals surface area contributed by atoms with Crippen LogP contribution in [-0.4, -0.2) is 55.1 Å². The third-order valence-corrected chi connectivity index (χ3v) is 10.4. The summed E-state index contributed by atoms with van der Waals surface area (Å²) >= 11 is 0. The number of esters is 2. The number of allylic oxidation sites excluding steroid dienone is 2. The molecular formula is C40H48N2O6. The normalized spacial score (nSPS) is 22.0. The molecule has 0 N–H and O–H groups in total. The number of ketones is 1.